The monoisotopic (exact) mass is 284 g/mol. The van der Waals surface area contributed by atoms with Crippen LogP contribution in [0.1, 0.15) is 59.3 Å². The maximum absolute atomic E-state index is 12.0. The van der Waals surface area contributed by atoms with Crippen molar-refractivity contribution in [1.29, 1.82) is 0 Å². The lowest BCUT2D eigenvalue weighted by atomic mass is 9.90. The highest BCUT2D eigenvalue weighted by Gasteiger charge is 2.33. The van der Waals surface area contributed by atoms with Crippen LogP contribution < -0.4 is 10.6 Å². The van der Waals surface area contributed by atoms with E-state index in [9.17, 15) is 9.59 Å². The Morgan fingerprint density at radius 1 is 1.15 bits per heavy atom. The van der Waals surface area contributed by atoms with Gasteiger partial charge in [0.15, 0.2) is 0 Å². The van der Waals surface area contributed by atoms with Crippen molar-refractivity contribution >= 4 is 12.0 Å². The molecular formula is C15H28N2O3. The molecule has 116 valence electrons. The van der Waals surface area contributed by atoms with E-state index in [1.54, 1.807) is 0 Å². The first-order valence-electron chi connectivity index (χ1n) is 7.76. The van der Waals surface area contributed by atoms with Crippen molar-refractivity contribution in [3.8, 4) is 0 Å². The van der Waals surface area contributed by atoms with E-state index in [2.05, 4.69) is 31.4 Å². The van der Waals surface area contributed by atoms with Gasteiger partial charge in [-0.2, -0.15) is 0 Å². The van der Waals surface area contributed by atoms with Crippen molar-refractivity contribution in [3.05, 3.63) is 0 Å². The first-order chi connectivity index (χ1) is 9.48. The van der Waals surface area contributed by atoms with Crippen LogP contribution in [0.2, 0.25) is 0 Å². The smallest absolute Gasteiger partial charge is 0.315 e. The van der Waals surface area contributed by atoms with E-state index in [0.29, 0.717) is 6.54 Å². The third kappa shape index (κ3) is 4.12. The average Bonchev–Trinajstić information content (AvgIpc) is 2.91. The zero-order valence-corrected chi connectivity index (χ0v) is 12.9. The number of aliphatic carboxylic acids is 1. The third-order valence-electron chi connectivity index (χ3n) is 4.91. The number of rotatable bonds is 7. The fourth-order valence-electron chi connectivity index (χ4n) is 3.13. The van der Waals surface area contributed by atoms with Crippen molar-refractivity contribution in [1.82, 2.24) is 10.6 Å². The molecule has 1 aliphatic rings. The van der Waals surface area contributed by atoms with Crippen molar-refractivity contribution in [2.45, 2.75) is 64.8 Å². The van der Waals surface area contributed by atoms with Gasteiger partial charge in [0.2, 0.25) is 0 Å². The predicted molar refractivity (Wildman–Crippen MR) is 78.6 cm³/mol. The molecule has 0 radical (unpaired) electrons. The van der Waals surface area contributed by atoms with E-state index in [4.69, 9.17) is 5.11 Å². The van der Waals surface area contributed by atoms with Gasteiger partial charge in [-0.15, -0.1) is 0 Å². The second kappa shape index (κ2) is 7.50. The van der Waals surface area contributed by atoms with E-state index >= 15 is 0 Å². The van der Waals surface area contributed by atoms with Crippen LogP contribution in [0, 0.1) is 11.8 Å². The second-order valence-electron chi connectivity index (χ2n) is 5.81. The maximum atomic E-state index is 12.0. The van der Waals surface area contributed by atoms with Crippen LogP contribution in [0.4, 0.5) is 4.79 Å². The number of hydrogen-bond donors (Lipinski definition) is 3. The molecule has 20 heavy (non-hydrogen) atoms. The minimum atomic E-state index is -0.736. The summed E-state index contributed by atoms with van der Waals surface area (Å²) in [6.45, 7) is 6.68. The number of carboxylic acid groups (broad SMARTS) is 1. The summed E-state index contributed by atoms with van der Waals surface area (Å²) in [7, 11) is 0. The number of urea groups is 1. The van der Waals surface area contributed by atoms with Gasteiger partial charge in [0.05, 0.1) is 5.92 Å². The maximum Gasteiger partial charge on any atom is 0.315 e. The minimum absolute atomic E-state index is 0.0672. The van der Waals surface area contributed by atoms with Crippen molar-refractivity contribution in [2.24, 2.45) is 11.8 Å². The van der Waals surface area contributed by atoms with Crippen LogP contribution >= 0.6 is 0 Å². The number of nitrogens with one attached hydrogen (secondary N) is 2. The topological polar surface area (TPSA) is 78.4 Å². The molecule has 2 unspecified atom stereocenters. The number of carbonyl (C=O) groups is 2. The molecule has 1 rings (SSSR count). The van der Waals surface area contributed by atoms with Crippen molar-refractivity contribution in [3.63, 3.8) is 0 Å². The van der Waals surface area contributed by atoms with Gasteiger partial charge >= 0.3 is 12.0 Å². The van der Waals surface area contributed by atoms with Gasteiger partial charge in [-0.05, 0) is 38.0 Å². The van der Waals surface area contributed by atoms with E-state index in [1.165, 1.54) is 0 Å². The van der Waals surface area contributed by atoms with Crippen LogP contribution in [0.15, 0.2) is 0 Å². The van der Waals surface area contributed by atoms with E-state index in [0.717, 1.165) is 38.5 Å². The Kier molecular flexibility index (Phi) is 6.30. The number of hydrogen-bond acceptors (Lipinski definition) is 2. The molecule has 2 atom stereocenters. The van der Waals surface area contributed by atoms with Gasteiger partial charge < -0.3 is 15.7 Å². The van der Waals surface area contributed by atoms with Gasteiger partial charge in [-0.25, -0.2) is 4.79 Å². The highest BCUT2D eigenvalue weighted by atomic mass is 16.4. The molecule has 0 heterocycles. The molecule has 0 aliphatic heterocycles. The zero-order valence-electron chi connectivity index (χ0n) is 12.9. The van der Waals surface area contributed by atoms with Crippen LogP contribution in [-0.4, -0.2) is 29.2 Å². The van der Waals surface area contributed by atoms with E-state index < -0.39 is 5.97 Å². The van der Waals surface area contributed by atoms with Crippen LogP contribution in [0.5, 0.6) is 0 Å². The Morgan fingerprint density at radius 3 is 2.25 bits per heavy atom. The molecular weight excluding hydrogens is 256 g/mol. The Hall–Kier alpha value is -1.26. The summed E-state index contributed by atoms with van der Waals surface area (Å²) in [5.41, 5.74) is -0.147. The lowest BCUT2D eigenvalue weighted by Crippen LogP contribution is -2.52. The summed E-state index contributed by atoms with van der Waals surface area (Å²) < 4.78 is 0. The Morgan fingerprint density at radius 2 is 1.75 bits per heavy atom. The van der Waals surface area contributed by atoms with Crippen molar-refractivity contribution < 1.29 is 14.7 Å². The quantitative estimate of drug-likeness (QED) is 0.672. The fourth-order valence-corrected chi connectivity index (χ4v) is 3.13. The van der Waals surface area contributed by atoms with Gasteiger partial charge in [-0.1, -0.05) is 27.2 Å². The Balaban J connectivity index is 2.45. The summed E-state index contributed by atoms with van der Waals surface area (Å²) in [4.78, 5) is 23.1. The molecule has 3 N–H and O–H groups in total. The molecule has 0 aromatic carbocycles. The molecule has 1 aliphatic carbocycles. The lowest BCUT2D eigenvalue weighted by molar-refractivity contribution is -0.142. The zero-order chi connectivity index (χ0) is 15.2. The second-order valence-corrected chi connectivity index (χ2v) is 5.81. The molecule has 2 amide bonds. The summed E-state index contributed by atoms with van der Waals surface area (Å²) in [5, 5.41) is 15.0. The number of amides is 2. The molecule has 5 nitrogen and oxygen atoms in total. The fraction of sp³-hybridized carbons (Fsp3) is 0.867. The first kappa shape index (κ1) is 16.8. The summed E-state index contributed by atoms with van der Waals surface area (Å²) >= 11 is 0. The van der Waals surface area contributed by atoms with Gasteiger partial charge in [-0.3, -0.25) is 4.79 Å². The van der Waals surface area contributed by atoms with Crippen LogP contribution in [0.25, 0.3) is 0 Å². The van der Waals surface area contributed by atoms with Crippen molar-refractivity contribution in [2.75, 3.05) is 6.54 Å². The number of carboxylic acids is 1. The average molecular weight is 284 g/mol. The third-order valence-corrected chi connectivity index (χ3v) is 4.91. The highest BCUT2D eigenvalue weighted by molar-refractivity contribution is 5.75. The van der Waals surface area contributed by atoms with E-state index in [1.807, 2.05) is 0 Å². The standard InChI is InChI=1S/C15H28N2O3/c1-4-15(5-2,6-3)17-14(20)16-10-11-8-7-9-12(11)13(18)19/h11-12H,4-10H2,1-3H3,(H,18,19)(H2,16,17,20). The Bertz CT molecular complexity index is 332. The Labute approximate surface area is 121 Å². The summed E-state index contributed by atoms with van der Waals surface area (Å²) in [5.74, 6) is -0.971. The van der Waals surface area contributed by atoms with Gasteiger partial charge in [0.1, 0.15) is 0 Å². The first-order valence-corrected chi connectivity index (χ1v) is 7.76. The largest absolute Gasteiger partial charge is 0.481 e. The van der Waals surface area contributed by atoms with E-state index in [-0.39, 0.29) is 23.4 Å². The van der Waals surface area contributed by atoms with Crippen LogP contribution in [0.3, 0.4) is 0 Å². The normalized spacial score (nSPS) is 22.6. The minimum Gasteiger partial charge on any atom is -0.481 e. The van der Waals surface area contributed by atoms with Gasteiger partial charge in [0, 0.05) is 12.1 Å². The number of carbonyl (C=O) groups excluding carboxylic acids is 1. The highest BCUT2D eigenvalue weighted by Crippen LogP contribution is 2.31. The molecule has 0 saturated heterocycles. The van der Waals surface area contributed by atoms with Crippen LogP contribution in [-0.2, 0) is 4.79 Å². The molecule has 0 spiro atoms. The molecule has 0 aromatic rings. The lowest BCUT2D eigenvalue weighted by Gasteiger charge is -2.32. The SMILES string of the molecule is CCC(CC)(CC)NC(=O)NCC1CCCC1C(=O)O. The molecule has 0 bridgehead atoms. The summed E-state index contributed by atoms with van der Waals surface area (Å²) in [6, 6.07) is -0.174. The molecule has 5 heteroatoms. The molecule has 1 saturated carbocycles. The molecule has 0 aromatic heterocycles. The summed E-state index contributed by atoms with van der Waals surface area (Å²) in [6.07, 6.45) is 5.25. The van der Waals surface area contributed by atoms with Gasteiger partial charge in [0.25, 0.3) is 0 Å². The molecule has 1 fully saturated rings. The predicted octanol–water partition coefficient (Wildman–Crippen LogP) is 2.76.